The van der Waals surface area contributed by atoms with Crippen LogP contribution >= 0.6 is 0 Å². The summed E-state index contributed by atoms with van der Waals surface area (Å²) in [4.78, 5) is 6.54. The summed E-state index contributed by atoms with van der Waals surface area (Å²) >= 11 is 0. The van der Waals surface area contributed by atoms with E-state index < -0.39 is 0 Å². The molecule has 1 aromatic heterocycles. The van der Waals surface area contributed by atoms with E-state index in [9.17, 15) is 0 Å². The maximum absolute atomic E-state index is 9.08. The van der Waals surface area contributed by atoms with Gasteiger partial charge in [0.15, 0.2) is 0 Å². The Labute approximate surface area is 115 Å². The summed E-state index contributed by atoms with van der Waals surface area (Å²) in [5, 5.41) is 12.5. The number of piperidine rings is 1. The standard InChI is InChI=1S/C15H22N4/c1-2-19(11-13-5-3-7-17-10-13)12-14-6-4-8-18-15(14)9-16/h4,6,8,13,17H,2-3,5,7,10-12H2,1H3. The molecule has 1 aromatic rings. The van der Waals surface area contributed by atoms with Crippen molar-refractivity contribution in [3.63, 3.8) is 0 Å². The Hall–Kier alpha value is -1.44. The summed E-state index contributed by atoms with van der Waals surface area (Å²) in [6.45, 7) is 7.39. The fourth-order valence-electron chi connectivity index (χ4n) is 2.66. The van der Waals surface area contributed by atoms with Gasteiger partial charge in [0.05, 0.1) is 0 Å². The molecule has 0 aromatic carbocycles. The minimum atomic E-state index is 0.558. The molecule has 4 nitrogen and oxygen atoms in total. The van der Waals surface area contributed by atoms with Crippen LogP contribution in [0.1, 0.15) is 31.0 Å². The van der Waals surface area contributed by atoms with Crippen LogP contribution in [0.4, 0.5) is 0 Å². The van der Waals surface area contributed by atoms with Gasteiger partial charge in [0.2, 0.25) is 0 Å². The summed E-state index contributed by atoms with van der Waals surface area (Å²) in [5.41, 5.74) is 1.60. The van der Waals surface area contributed by atoms with Crippen LogP contribution in [0.2, 0.25) is 0 Å². The molecule has 0 spiro atoms. The Morgan fingerprint density at radius 3 is 3.16 bits per heavy atom. The van der Waals surface area contributed by atoms with Gasteiger partial charge in [0.1, 0.15) is 11.8 Å². The average Bonchev–Trinajstić information content (AvgIpc) is 2.48. The molecule has 1 atom stereocenters. The van der Waals surface area contributed by atoms with E-state index in [0.717, 1.165) is 44.2 Å². The zero-order valence-corrected chi connectivity index (χ0v) is 11.6. The van der Waals surface area contributed by atoms with E-state index in [2.05, 4.69) is 28.2 Å². The highest BCUT2D eigenvalue weighted by Crippen LogP contribution is 2.14. The highest BCUT2D eigenvalue weighted by atomic mass is 15.1. The van der Waals surface area contributed by atoms with Gasteiger partial charge < -0.3 is 5.32 Å². The van der Waals surface area contributed by atoms with Gasteiger partial charge >= 0.3 is 0 Å². The number of nitrogens with zero attached hydrogens (tertiary/aromatic N) is 3. The molecule has 4 heteroatoms. The summed E-state index contributed by atoms with van der Waals surface area (Å²) < 4.78 is 0. The third kappa shape index (κ3) is 4.02. The molecule has 1 aliphatic heterocycles. The van der Waals surface area contributed by atoms with Crippen molar-refractivity contribution in [2.45, 2.75) is 26.3 Å². The molecule has 1 N–H and O–H groups in total. The first-order valence-corrected chi connectivity index (χ1v) is 7.10. The lowest BCUT2D eigenvalue weighted by atomic mass is 9.99. The van der Waals surface area contributed by atoms with Gasteiger partial charge in [-0.05, 0) is 44.5 Å². The van der Waals surface area contributed by atoms with Crippen molar-refractivity contribution in [3.05, 3.63) is 29.6 Å². The quantitative estimate of drug-likeness (QED) is 0.874. The monoisotopic (exact) mass is 258 g/mol. The van der Waals surface area contributed by atoms with Crippen LogP contribution in [0.15, 0.2) is 18.3 Å². The van der Waals surface area contributed by atoms with Crippen molar-refractivity contribution in [1.29, 1.82) is 5.26 Å². The van der Waals surface area contributed by atoms with Gasteiger partial charge in [0, 0.05) is 24.8 Å². The van der Waals surface area contributed by atoms with E-state index in [4.69, 9.17) is 5.26 Å². The molecule has 0 bridgehead atoms. The lowest BCUT2D eigenvalue weighted by Gasteiger charge is -2.29. The van der Waals surface area contributed by atoms with Crippen molar-refractivity contribution >= 4 is 0 Å². The predicted molar refractivity (Wildman–Crippen MR) is 75.5 cm³/mol. The number of nitrogens with one attached hydrogen (secondary N) is 1. The molecule has 1 unspecified atom stereocenters. The van der Waals surface area contributed by atoms with E-state index in [1.165, 1.54) is 12.8 Å². The first kappa shape index (κ1) is 14.0. The van der Waals surface area contributed by atoms with Gasteiger partial charge in [-0.1, -0.05) is 13.0 Å². The van der Waals surface area contributed by atoms with Crippen LogP contribution in [0, 0.1) is 17.2 Å². The predicted octanol–water partition coefficient (Wildman–Crippen LogP) is 1.77. The minimum absolute atomic E-state index is 0.558. The van der Waals surface area contributed by atoms with Crippen LogP contribution in [-0.4, -0.2) is 36.1 Å². The van der Waals surface area contributed by atoms with Gasteiger partial charge in [-0.2, -0.15) is 5.26 Å². The third-order valence-electron chi connectivity index (χ3n) is 3.75. The number of rotatable bonds is 5. The molecule has 1 saturated heterocycles. The summed E-state index contributed by atoms with van der Waals surface area (Å²) in [6.07, 6.45) is 4.27. The number of hydrogen-bond donors (Lipinski definition) is 1. The zero-order chi connectivity index (χ0) is 13.5. The van der Waals surface area contributed by atoms with Crippen molar-refractivity contribution in [3.8, 4) is 6.07 Å². The lowest BCUT2D eigenvalue weighted by Crippen LogP contribution is -2.38. The second kappa shape index (κ2) is 7.22. The molecular formula is C15H22N4. The Morgan fingerprint density at radius 1 is 1.58 bits per heavy atom. The number of pyridine rings is 1. The molecule has 0 saturated carbocycles. The largest absolute Gasteiger partial charge is 0.316 e. The van der Waals surface area contributed by atoms with Gasteiger partial charge in [0.25, 0.3) is 0 Å². The molecule has 19 heavy (non-hydrogen) atoms. The molecule has 0 amide bonds. The van der Waals surface area contributed by atoms with E-state index in [1.807, 2.05) is 12.1 Å². The Bertz CT molecular complexity index is 432. The molecule has 0 radical (unpaired) electrons. The van der Waals surface area contributed by atoms with Gasteiger partial charge in [-0.3, -0.25) is 4.90 Å². The fraction of sp³-hybridized carbons (Fsp3) is 0.600. The van der Waals surface area contributed by atoms with E-state index in [1.54, 1.807) is 6.20 Å². The highest BCUT2D eigenvalue weighted by Gasteiger charge is 2.17. The summed E-state index contributed by atoms with van der Waals surface area (Å²) in [5.74, 6) is 0.732. The molecular weight excluding hydrogens is 236 g/mol. The molecule has 1 fully saturated rings. The Kier molecular flexibility index (Phi) is 5.31. The van der Waals surface area contributed by atoms with E-state index >= 15 is 0 Å². The Balaban J connectivity index is 1.96. The van der Waals surface area contributed by atoms with Crippen LogP contribution < -0.4 is 5.32 Å². The molecule has 0 aliphatic carbocycles. The Morgan fingerprint density at radius 2 is 2.47 bits per heavy atom. The first-order chi connectivity index (χ1) is 9.33. The summed E-state index contributed by atoms with van der Waals surface area (Å²) in [6, 6.07) is 6.09. The average molecular weight is 258 g/mol. The third-order valence-corrected chi connectivity index (χ3v) is 3.75. The SMILES string of the molecule is CCN(Cc1cccnc1C#N)CC1CCCNC1. The topological polar surface area (TPSA) is 52.0 Å². The highest BCUT2D eigenvalue weighted by molar-refractivity contribution is 5.30. The van der Waals surface area contributed by atoms with Crippen LogP contribution in [0.3, 0.4) is 0 Å². The zero-order valence-electron chi connectivity index (χ0n) is 11.6. The van der Waals surface area contributed by atoms with E-state index in [0.29, 0.717) is 5.69 Å². The normalized spacial score (nSPS) is 19.3. The maximum Gasteiger partial charge on any atom is 0.144 e. The van der Waals surface area contributed by atoms with Gasteiger partial charge in [-0.25, -0.2) is 4.98 Å². The molecule has 102 valence electrons. The van der Waals surface area contributed by atoms with Gasteiger partial charge in [-0.15, -0.1) is 0 Å². The van der Waals surface area contributed by atoms with Crippen molar-refractivity contribution in [1.82, 2.24) is 15.2 Å². The van der Waals surface area contributed by atoms with Crippen LogP contribution in [0.25, 0.3) is 0 Å². The molecule has 2 rings (SSSR count). The fourth-order valence-corrected chi connectivity index (χ4v) is 2.66. The second-order valence-corrected chi connectivity index (χ2v) is 5.16. The number of nitriles is 1. The molecule has 2 heterocycles. The van der Waals surface area contributed by atoms with Crippen LogP contribution in [0.5, 0.6) is 0 Å². The molecule has 1 aliphatic rings. The first-order valence-electron chi connectivity index (χ1n) is 7.10. The lowest BCUT2D eigenvalue weighted by molar-refractivity contribution is 0.209. The van der Waals surface area contributed by atoms with Crippen LogP contribution in [-0.2, 0) is 6.54 Å². The van der Waals surface area contributed by atoms with E-state index in [-0.39, 0.29) is 0 Å². The van der Waals surface area contributed by atoms with Crippen molar-refractivity contribution in [2.24, 2.45) is 5.92 Å². The number of hydrogen-bond acceptors (Lipinski definition) is 4. The van der Waals surface area contributed by atoms with Crippen molar-refractivity contribution in [2.75, 3.05) is 26.2 Å². The van der Waals surface area contributed by atoms with Crippen molar-refractivity contribution < 1.29 is 0 Å². The second-order valence-electron chi connectivity index (χ2n) is 5.16. The summed E-state index contributed by atoms with van der Waals surface area (Å²) in [7, 11) is 0. The smallest absolute Gasteiger partial charge is 0.144 e. The maximum atomic E-state index is 9.08. The number of aromatic nitrogens is 1. The minimum Gasteiger partial charge on any atom is -0.316 e.